The predicted molar refractivity (Wildman–Crippen MR) is 73.0 cm³/mol. The summed E-state index contributed by atoms with van der Waals surface area (Å²) < 4.78 is 0. The molecule has 0 aromatic carbocycles. The largest absolute Gasteiger partial charge is 0.337 e. The van der Waals surface area contributed by atoms with Gasteiger partial charge < -0.3 is 9.80 Å². The van der Waals surface area contributed by atoms with Crippen molar-refractivity contribution in [2.45, 2.75) is 38.1 Å². The SMILES string of the molecule is CCc1nc(C(=O)N(C)CC2(N(C)C)CCC2)n[nH]1. The van der Waals surface area contributed by atoms with Gasteiger partial charge in [0, 0.05) is 25.6 Å². The van der Waals surface area contributed by atoms with Gasteiger partial charge in [-0.25, -0.2) is 4.98 Å². The number of H-pyrrole nitrogens is 1. The molecule has 1 aliphatic carbocycles. The van der Waals surface area contributed by atoms with Crippen LogP contribution in [-0.2, 0) is 6.42 Å². The molecule has 1 aromatic heterocycles. The number of hydrogen-bond acceptors (Lipinski definition) is 4. The third-order valence-corrected chi connectivity index (χ3v) is 4.17. The van der Waals surface area contributed by atoms with E-state index >= 15 is 0 Å². The van der Waals surface area contributed by atoms with E-state index in [1.807, 2.05) is 14.0 Å². The Bertz CT molecular complexity index is 450. The number of amides is 1. The first kappa shape index (κ1) is 14.0. The number of likely N-dealkylation sites (N-methyl/N-ethyl adjacent to an activating group) is 2. The average Bonchev–Trinajstić information content (AvgIpc) is 2.80. The maximum Gasteiger partial charge on any atom is 0.293 e. The summed E-state index contributed by atoms with van der Waals surface area (Å²) in [6.07, 6.45) is 4.28. The van der Waals surface area contributed by atoms with E-state index in [0.29, 0.717) is 0 Å². The summed E-state index contributed by atoms with van der Waals surface area (Å²) in [5, 5.41) is 6.77. The van der Waals surface area contributed by atoms with Gasteiger partial charge in [0.15, 0.2) is 0 Å². The van der Waals surface area contributed by atoms with E-state index < -0.39 is 0 Å². The molecule has 0 aliphatic heterocycles. The molecular formula is C13H23N5O. The van der Waals surface area contributed by atoms with E-state index in [0.717, 1.165) is 31.6 Å². The first-order chi connectivity index (χ1) is 8.98. The number of nitrogens with zero attached hydrogens (tertiary/aromatic N) is 4. The van der Waals surface area contributed by atoms with Crippen LogP contribution in [-0.4, -0.2) is 64.1 Å². The smallest absolute Gasteiger partial charge is 0.293 e. The molecule has 0 unspecified atom stereocenters. The molecular weight excluding hydrogens is 242 g/mol. The molecule has 19 heavy (non-hydrogen) atoms. The van der Waals surface area contributed by atoms with Crippen LogP contribution in [0.15, 0.2) is 0 Å². The minimum atomic E-state index is -0.107. The van der Waals surface area contributed by atoms with Gasteiger partial charge in [-0.2, -0.15) is 0 Å². The molecule has 1 saturated carbocycles. The highest BCUT2D eigenvalue weighted by molar-refractivity contribution is 5.90. The highest BCUT2D eigenvalue weighted by atomic mass is 16.2. The maximum absolute atomic E-state index is 12.3. The molecule has 0 radical (unpaired) electrons. The second-order valence-electron chi connectivity index (χ2n) is 5.59. The number of rotatable bonds is 5. The lowest BCUT2D eigenvalue weighted by Crippen LogP contribution is -2.57. The summed E-state index contributed by atoms with van der Waals surface area (Å²) in [5.41, 5.74) is 0.133. The van der Waals surface area contributed by atoms with Crippen molar-refractivity contribution in [3.63, 3.8) is 0 Å². The van der Waals surface area contributed by atoms with Crippen LogP contribution in [0.2, 0.25) is 0 Å². The minimum absolute atomic E-state index is 0.107. The number of hydrogen-bond donors (Lipinski definition) is 1. The zero-order valence-corrected chi connectivity index (χ0v) is 12.2. The zero-order chi connectivity index (χ0) is 14.0. The Morgan fingerprint density at radius 3 is 2.47 bits per heavy atom. The summed E-state index contributed by atoms with van der Waals surface area (Å²) in [6.45, 7) is 2.71. The Labute approximate surface area is 114 Å². The highest BCUT2D eigenvalue weighted by Crippen LogP contribution is 2.36. The molecule has 1 aliphatic rings. The Kier molecular flexibility index (Phi) is 3.89. The standard InChI is InChI=1S/C13H23N5O/c1-5-10-14-11(16-15-10)12(19)18(4)9-13(17(2)3)7-6-8-13/h5-9H2,1-4H3,(H,14,15,16). The van der Waals surface area contributed by atoms with Crippen molar-refractivity contribution in [3.05, 3.63) is 11.6 Å². The molecule has 1 aromatic rings. The number of aryl methyl sites for hydroxylation is 1. The molecule has 6 heteroatoms. The second kappa shape index (κ2) is 5.28. The fourth-order valence-corrected chi connectivity index (χ4v) is 2.56. The van der Waals surface area contributed by atoms with Crippen molar-refractivity contribution in [2.75, 3.05) is 27.7 Å². The fourth-order valence-electron chi connectivity index (χ4n) is 2.56. The van der Waals surface area contributed by atoms with E-state index in [2.05, 4.69) is 34.2 Å². The summed E-state index contributed by atoms with van der Waals surface area (Å²) in [6, 6.07) is 0. The van der Waals surface area contributed by atoms with Crippen molar-refractivity contribution < 1.29 is 4.79 Å². The van der Waals surface area contributed by atoms with Gasteiger partial charge in [0.05, 0.1) is 0 Å². The molecule has 0 bridgehead atoms. The number of nitrogens with one attached hydrogen (secondary N) is 1. The van der Waals surface area contributed by atoms with Crippen LogP contribution in [0.4, 0.5) is 0 Å². The van der Waals surface area contributed by atoms with E-state index in [-0.39, 0.29) is 17.3 Å². The van der Waals surface area contributed by atoms with Crippen molar-refractivity contribution in [1.29, 1.82) is 0 Å². The summed E-state index contributed by atoms with van der Waals surface area (Å²) >= 11 is 0. The van der Waals surface area contributed by atoms with Crippen LogP contribution in [0, 0.1) is 0 Å². The van der Waals surface area contributed by atoms with Gasteiger partial charge in [-0.1, -0.05) is 6.92 Å². The summed E-state index contributed by atoms with van der Waals surface area (Å²) in [5.74, 6) is 0.916. The van der Waals surface area contributed by atoms with Crippen molar-refractivity contribution >= 4 is 5.91 Å². The van der Waals surface area contributed by atoms with E-state index in [1.54, 1.807) is 4.90 Å². The summed E-state index contributed by atoms with van der Waals surface area (Å²) in [7, 11) is 5.99. The molecule has 106 valence electrons. The van der Waals surface area contributed by atoms with E-state index in [9.17, 15) is 4.79 Å². The van der Waals surface area contributed by atoms with Crippen LogP contribution in [0.5, 0.6) is 0 Å². The molecule has 2 rings (SSSR count). The quantitative estimate of drug-likeness (QED) is 0.860. The third-order valence-electron chi connectivity index (χ3n) is 4.17. The third kappa shape index (κ3) is 2.63. The Balaban J connectivity index is 2.03. The molecule has 1 N–H and O–H groups in total. The van der Waals surface area contributed by atoms with Gasteiger partial charge in [-0.3, -0.25) is 9.89 Å². The number of carbonyl (C=O) groups is 1. The molecule has 0 spiro atoms. The van der Waals surface area contributed by atoms with Gasteiger partial charge >= 0.3 is 0 Å². The van der Waals surface area contributed by atoms with Crippen LogP contribution < -0.4 is 0 Å². The van der Waals surface area contributed by atoms with Gasteiger partial charge in [-0.15, -0.1) is 5.10 Å². The van der Waals surface area contributed by atoms with E-state index in [1.165, 1.54) is 6.42 Å². The van der Waals surface area contributed by atoms with Crippen LogP contribution in [0.25, 0.3) is 0 Å². The molecule has 6 nitrogen and oxygen atoms in total. The van der Waals surface area contributed by atoms with Gasteiger partial charge in [0.25, 0.3) is 5.91 Å². The number of carbonyl (C=O) groups excluding carboxylic acids is 1. The topological polar surface area (TPSA) is 65.1 Å². The molecule has 1 heterocycles. The van der Waals surface area contributed by atoms with Gasteiger partial charge in [0.2, 0.25) is 5.82 Å². The van der Waals surface area contributed by atoms with Crippen molar-refractivity contribution in [1.82, 2.24) is 25.0 Å². The highest BCUT2D eigenvalue weighted by Gasteiger charge is 2.41. The zero-order valence-electron chi connectivity index (χ0n) is 12.2. The first-order valence-electron chi connectivity index (χ1n) is 6.82. The Hall–Kier alpha value is -1.43. The Morgan fingerprint density at radius 1 is 1.37 bits per heavy atom. The lowest BCUT2D eigenvalue weighted by atomic mass is 9.75. The van der Waals surface area contributed by atoms with Crippen molar-refractivity contribution in [2.24, 2.45) is 0 Å². The Morgan fingerprint density at radius 2 is 2.05 bits per heavy atom. The lowest BCUT2D eigenvalue weighted by molar-refractivity contribution is 0.0247. The fraction of sp³-hybridized carbons (Fsp3) is 0.769. The maximum atomic E-state index is 12.3. The minimum Gasteiger partial charge on any atom is -0.337 e. The van der Waals surface area contributed by atoms with Crippen LogP contribution in [0.3, 0.4) is 0 Å². The van der Waals surface area contributed by atoms with Crippen molar-refractivity contribution in [3.8, 4) is 0 Å². The van der Waals surface area contributed by atoms with Crippen LogP contribution >= 0.6 is 0 Å². The summed E-state index contributed by atoms with van der Waals surface area (Å²) in [4.78, 5) is 20.4. The normalized spacial score (nSPS) is 17.3. The van der Waals surface area contributed by atoms with Gasteiger partial charge in [-0.05, 0) is 33.4 Å². The lowest BCUT2D eigenvalue weighted by Gasteiger charge is -2.49. The molecule has 0 atom stereocenters. The van der Waals surface area contributed by atoms with Gasteiger partial charge in [0.1, 0.15) is 5.82 Å². The first-order valence-corrected chi connectivity index (χ1v) is 6.82. The van der Waals surface area contributed by atoms with Crippen LogP contribution in [0.1, 0.15) is 42.6 Å². The molecule has 1 amide bonds. The second-order valence-corrected chi connectivity index (χ2v) is 5.59. The molecule has 0 saturated heterocycles. The molecule has 1 fully saturated rings. The predicted octanol–water partition coefficient (Wildman–Crippen LogP) is 0.923. The average molecular weight is 265 g/mol. The number of aromatic amines is 1. The monoisotopic (exact) mass is 265 g/mol. The van der Waals surface area contributed by atoms with E-state index in [4.69, 9.17) is 0 Å². The number of aromatic nitrogens is 3.